The average Bonchev–Trinajstić information content (AvgIpc) is 1.72. The van der Waals surface area contributed by atoms with Gasteiger partial charge in [0.1, 0.15) is 0 Å². The molecule has 0 aliphatic carbocycles. The van der Waals surface area contributed by atoms with Crippen LogP contribution >= 0.6 is 13.6 Å². The summed E-state index contributed by atoms with van der Waals surface area (Å²) in [6, 6.07) is 0. The van der Waals surface area contributed by atoms with Gasteiger partial charge >= 0.3 is 30.0 Å². The van der Waals surface area contributed by atoms with Crippen molar-refractivity contribution in [3.05, 3.63) is 18.3 Å². The summed E-state index contributed by atoms with van der Waals surface area (Å²) in [4.78, 5) is 2.88. The third-order valence-corrected chi connectivity index (χ3v) is 0.112. The van der Waals surface area contributed by atoms with Crippen LogP contribution in [0.4, 0.5) is 0 Å². The quantitative estimate of drug-likeness (QED) is 0.412. The molecule has 3 heteroatoms. The SMILES string of the molecule is [C-]#[N+]C[CH2-].[Zn+][Br]. The Balaban J connectivity index is 0. The number of hydrogen-bond donors (Lipinski definition) is 0. The van der Waals surface area contributed by atoms with Crippen molar-refractivity contribution >= 4 is 13.6 Å². The Morgan fingerprint density at radius 3 is 2.00 bits per heavy atom. The van der Waals surface area contributed by atoms with Crippen molar-refractivity contribution in [1.29, 1.82) is 0 Å². The van der Waals surface area contributed by atoms with E-state index in [-0.39, 0.29) is 0 Å². The van der Waals surface area contributed by atoms with E-state index in [1.54, 1.807) is 0 Å². The van der Waals surface area contributed by atoms with E-state index < -0.39 is 0 Å². The molecule has 0 radical (unpaired) electrons. The molecule has 0 aromatic rings. The summed E-state index contributed by atoms with van der Waals surface area (Å²) in [5.41, 5.74) is 0. The Morgan fingerprint density at radius 2 is 2.00 bits per heavy atom. The first-order chi connectivity index (χ1) is 2.91. The van der Waals surface area contributed by atoms with E-state index in [9.17, 15) is 0 Å². The molecule has 0 rings (SSSR count). The molecule has 0 aliphatic rings. The van der Waals surface area contributed by atoms with E-state index in [0.29, 0.717) is 6.54 Å². The molecule has 30 valence electrons. The van der Waals surface area contributed by atoms with Gasteiger partial charge < -0.3 is 4.85 Å². The zero-order chi connectivity index (χ0) is 5.41. The molecule has 0 atom stereocenters. The van der Waals surface area contributed by atoms with Gasteiger partial charge in [0.2, 0.25) is 0 Å². The summed E-state index contributed by atoms with van der Waals surface area (Å²) in [6.45, 7) is 9.62. The molecule has 0 spiro atoms. The summed E-state index contributed by atoms with van der Waals surface area (Å²) < 4.78 is 0. The van der Waals surface area contributed by atoms with Crippen molar-refractivity contribution in [1.82, 2.24) is 0 Å². The minimum atomic E-state index is 0.361. The van der Waals surface area contributed by atoms with E-state index in [0.717, 1.165) is 0 Å². The fourth-order valence-electron chi connectivity index (χ4n) is 0. The van der Waals surface area contributed by atoms with Crippen molar-refractivity contribution in [2.75, 3.05) is 6.54 Å². The van der Waals surface area contributed by atoms with Crippen LogP contribution in [0.5, 0.6) is 0 Å². The van der Waals surface area contributed by atoms with Crippen LogP contribution in [0.1, 0.15) is 0 Å². The second kappa shape index (κ2) is 17.5. The van der Waals surface area contributed by atoms with Gasteiger partial charge in [-0.15, -0.1) is 0 Å². The van der Waals surface area contributed by atoms with Crippen LogP contribution in [0.25, 0.3) is 4.85 Å². The minimum absolute atomic E-state index is 0.361. The van der Waals surface area contributed by atoms with Crippen LogP contribution in [-0.2, 0) is 16.3 Å². The van der Waals surface area contributed by atoms with E-state index in [4.69, 9.17) is 6.57 Å². The molecule has 0 heterocycles. The fraction of sp³-hybridized carbons (Fsp3) is 0.333. The third kappa shape index (κ3) is 23.4. The van der Waals surface area contributed by atoms with Gasteiger partial charge in [-0.25, -0.2) is 6.57 Å². The van der Waals surface area contributed by atoms with E-state index in [1.165, 1.54) is 16.3 Å². The van der Waals surface area contributed by atoms with Crippen LogP contribution in [-0.4, -0.2) is 6.54 Å². The molecule has 0 amide bonds. The van der Waals surface area contributed by atoms with Crippen molar-refractivity contribution in [2.24, 2.45) is 0 Å². The molecular weight excluding hydrogens is 195 g/mol. The summed E-state index contributed by atoms with van der Waals surface area (Å²) in [7, 11) is 0. The topological polar surface area (TPSA) is 4.36 Å². The zero-order valence-corrected chi connectivity index (χ0v) is 8.00. The molecular formula is C3H4BrNZn. The van der Waals surface area contributed by atoms with E-state index in [1.807, 2.05) is 0 Å². The van der Waals surface area contributed by atoms with Crippen LogP contribution in [0, 0.1) is 13.5 Å². The first kappa shape index (κ1) is 9.78. The summed E-state index contributed by atoms with van der Waals surface area (Å²) in [6.07, 6.45) is 0. The monoisotopic (exact) mass is 197 g/mol. The molecule has 0 fully saturated rings. The van der Waals surface area contributed by atoms with Crippen molar-refractivity contribution in [2.45, 2.75) is 0 Å². The Hall–Kier alpha value is 0.593. The number of rotatable bonds is 0. The van der Waals surface area contributed by atoms with Gasteiger partial charge in [0.25, 0.3) is 0 Å². The van der Waals surface area contributed by atoms with Gasteiger partial charge in [0, 0.05) is 0 Å². The van der Waals surface area contributed by atoms with Crippen LogP contribution in [0.15, 0.2) is 0 Å². The molecule has 1 nitrogen and oxygen atoms in total. The first-order valence-corrected chi connectivity index (χ1v) is 8.26. The molecule has 0 bridgehead atoms. The molecule has 0 aromatic carbocycles. The molecule has 0 saturated heterocycles. The number of nitrogens with zero attached hydrogens (tertiary/aromatic N) is 1. The normalized spacial score (nSPS) is 4.50. The molecule has 0 aliphatic heterocycles. The van der Waals surface area contributed by atoms with Crippen LogP contribution in [0.3, 0.4) is 0 Å². The van der Waals surface area contributed by atoms with Gasteiger partial charge in [-0.2, -0.15) is 0 Å². The van der Waals surface area contributed by atoms with Crippen molar-refractivity contribution in [3.8, 4) is 0 Å². The predicted molar refractivity (Wildman–Crippen MR) is 25.8 cm³/mol. The molecule has 0 N–H and O–H groups in total. The Labute approximate surface area is 55.0 Å². The zero-order valence-electron chi connectivity index (χ0n) is 3.45. The third-order valence-electron chi connectivity index (χ3n) is 0.112. The standard InChI is InChI=1S/C3H4N.BrH.Zn/c1-3-4-2;;/h1,3H2;1H;/q-1;;+2/p-1. The Morgan fingerprint density at radius 1 is 1.83 bits per heavy atom. The molecule has 6 heavy (non-hydrogen) atoms. The van der Waals surface area contributed by atoms with Gasteiger partial charge in [0.05, 0.1) is 6.54 Å². The number of hydrogen-bond acceptors (Lipinski definition) is 0. The second-order valence-corrected chi connectivity index (χ2v) is 0.382. The van der Waals surface area contributed by atoms with Crippen molar-refractivity contribution in [3.63, 3.8) is 0 Å². The van der Waals surface area contributed by atoms with E-state index in [2.05, 4.69) is 25.4 Å². The molecule has 0 aromatic heterocycles. The summed E-state index contributed by atoms with van der Waals surface area (Å²) >= 11 is 4.25. The summed E-state index contributed by atoms with van der Waals surface area (Å²) in [5, 5.41) is 0. The second-order valence-electron chi connectivity index (χ2n) is 0.382. The molecule has 0 saturated carbocycles. The number of halogens is 1. The Kier molecular flexibility index (Phi) is 28.6. The van der Waals surface area contributed by atoms with Gasteiger partial charge in [0.15, 0.2) is 0 Å². The molecule has 0 unspecified atom stereocenters. The summed E-state index contributed by atoms with van der Waals surface area (Å²) in [5.74, 6) is 0. The first-order valence-electron chi connectivity index (χ1n) is 1.31. The Bertz CT molecular complexity index is 40.5. The van der Waals surface area contributed by atoms with Crippen molar-refractivity contribution < 1.29 is 16.3 Å². The van der Waals surface area contributed by atoms with E-state index >= 15 is 0 Å². The van der Waals surface area contributed by atoms with Crippen LogP contribution < -0.4 is 0 Å². The van der Waals surface area contributed by atoms with Gasteiger partial charge in [-0.05, 0) is 0 Å². The maximum absolute atomic E-state index is 6.01. The maximum atomic E-state index is 6.01. The van der Waals surface area contributed by atoms with Gasteiger partial charge in [-0.1, -0.05) is 0 Å². The predicted octanol–water partition coefficient (Wildman–Crippen LogP) is 1.58. The fourth-order valence-corrected chi connectivity index (χ4v) is 0. The van der Waals surface area contributed by atoms with Gasteiger partial charge in [-0.3, -0.25) is 6.92 Å². The average molecular weight is 199 g/mol. The van der Waals surface area contributed by atoms with Crippen LogP contribution in [0.2, 0.25) is 0 Å².